The zero-order valence-corrected chi connectivity index (χ0v) is 14.3. The first-order valence-electron chi connectivity index (χ1n) is 6.73. The van der Waals surface area contributed by atoms with Gasteiger partial charge in [0, 0.05) is 31.7 Å². The van der Waals surface area contributed by atoms with Gasteiger partial charge in [-0.1, -0.05) is 0 Å². The van der Waals surface area contributed by atoms with Crippen molar-refractivity contribution in [3.8, 4) is 0 Å². The number of aryl methyl sites for hydroxylation is 2. The Morgan fingerprint density at radius 3 is 2.45 bits per heavy atom. The van der Waals surface area contributed by atoms with Gasteiger partial charge in [0.2, 0.25) is 10.0 Å². The van der Waals surface area contributed by atoms with Gasteiger partial charge in [-0.15, -0.1) is 12.4 Å². The highest BCUT2D eigenvalue weighted by atomic mass is 35.5. The first-order valence-corrected chi connectivity index (χ1v) is 8.17. The van der Waals surface area contributed by atoms with Crippen molar-refractivity contribution in [3.05, 3.63) is 33.4 Å². The van der Waals surface area contributed by atoms with Crippen molar-refractivity contribution in [2.75, 3.05) is 19.6 Å². The number of nitro benzene ring substituents is 1. The van der Waals surface area contributed by atoms with Gasteiger partial charge in [-0.2, -0.15) is 4.31 Å². The van der Waals surface area contributed by atoms with Gasteiger partial charge in [-0.05, 0) is 38.0 Å². The molecule has 22 heavy (non-hydrogen) atoms. The monoisotopic (exact) mass is 349 g/mol. The summed E-state index contributed by atoms with van der Waals surface area (Å²) >= 11 is 0. The minimum atomic E-state index is -3.87. The summed E-state index contributed by atoms with van der Waals surface area (Å²) in [6, 6.07) is 2.50. The molecule has 9 heteroatoms. The molecule has 1 unspecified atom stereocenters. The summed E-state index contributed by atoms with van der Waals surface area (Å²) in [4.78, 5) is 10.4. The minimum absolute atomic E-state index is 0. The summed E-state index contributed by atoms with van der Waals surface area (Å²) in [5.41, 5.74) is 1.07. The van der Waals surface area contributed by atoms with Crippen LogP contribution in [0.5, 0.6) is 0 Å². The van der Waals surface area contributed by atoms with E-state index in [-0.39, 0.29) is 29.0 Å². The Labute approximate surface area is 136 Å². The minimum Gasteiger partial charge on any atom is -0.314 e. The van der Waals surface area contributed by atoms with Crippen molar-refractivity contribution >= 4 is 28.1 Å². The second kappa shape index (κ2) is 6.91. The molecular formula is C13H20ClN3O4S. The van der Waals surface area contributed by atoms with E-state index in [1.54, 1.807) is 20.8 Å². The van der Waals surface area contributed by atoms with Crippen LogP contribution in [0.1, 0.15) is 18.1 Å². The van der Waals surface area contributed by atoms with E-state index in [0.717, 1.165) is 5.56 Å². The van der Waals surface area contributed by atoms with E-state index in [4.69, 9.17) is 0 Å². The van der Waals surface area contributed by atoms with E-state index < -0.39 is 14.9 Å². The lowest BCUT2D eigenvalue weighted by Gasteiger charge is -2.32. The lowest BCUT2D eigenvalue weighted by atomic mass is 10.1. The van der Waals surface area contributed by atoms with E-state index in [1.807, 2.05) is 0 Å². The average Bonchev–Trinajstić information content (AvgIpc) is 2.41. The summed E-state index contributed by atoms with van der Waals surface area (Å²) in [6.45, 7) is 6.66. The van der Waals surface area contributed by atoms with Gasteiger partial charge in [0.1, 0.15) is 0 Å². The molecular weight excluding hydrogens is 330 g/mol. The number of hydrogen-bond acceptors (Lipinski definition) is 5. The SMILES string of the molecule is Cc1cc([N+](=O)[O-])c(S(=O)(=O)N2CCNCC2C)cc1C.Cl. The Kier molecular flexibility index (Phi) is 5.91. The van der Waals surface area contributed by atoms with Gasteiger partial charge in [0.25, 0.3) is 5.69 Å². The van der Waals surface area contributed by atoms with E-state index >= 15 is 0 Å². The van der Waals surface area contributed by atoms with Crippen LogP contribution in [0, 0.1) is 24.0 Å². The number of hydrogen-bond donors (Lipinski definition) is 1. The molecule has 1 N–H and O–H groups in total. The number of benzene rings is 1. The molecule has 1 saturated heterocycles. The Hall–Kier alpha value is -1.22. The number of nitro groups is 1. The van der Waals surface area contributed by atoms with Crippen LogP contribution >= 0.6 is 12.4 Å². The van der Waals surface area contributed by atoms with Crippen LogP contribution in [0.4, 0.5) is 5.69 Å². The summed E-state index contributed by atoms with van der Waals surface area (Å²) in [6.07, 6.45) is 0. The molecule has 1 atom stereocenters. The summed E-state index contributed by atoms with van der Waals surface area (Å²) in [5, 5.41) is 14.3. The molecule has 0 saturated carbocycles. The molecule has 0 bridgehead atoms. The molecule has 0 spiro atoms. The smallest absolute Gasteiger partial charge is 0.289 e. The topological polar surface area (TPSA) is 92.5 Å². The Morgan fingerprint density at radius 2 is 1.91 bits per heavy atom. The van der Waals surface area contributed by atoms with Crippen LogP contribution < -0.4 is 5.32 Å². The highest BCUT2D eigenvalue weighted by Gasteiger charge is 2.36. The van der Waals surface area contributed by atoms with Crippen molar-refractivity contribution in [2.24, 2.45) is 0 Å². The van der Waals surface area contributed by atoms with Crippen LogP contribution in [0.15, 0.2) is 17.0 Å². The van der Waals surface area contributed by atoms with Gasteiger partial charge >= 0.3 is 0 Å². The second-order valence-electron chi connectivity index (χ2n) is 5.33. The maximum absolute atomic E-state index is 12.8. The number of nitrogens with zero attached hydrogens (tertiary/aromatic N) is 2. The Bertz CT molecular complexity index is 678. The molecule has 0 amide bonds. The molecule has 124 valence electrons. The third-order valence-electron chi connectivity index (χ3n) is 3.80. The summed E-state index contributed by atoms with van der Waals surface area (Å²) in [7, 11) is -3.87. The maximum atomic E-state index is 12.8. The van der Waals surface area contributed by atoms with Crippen LogP contribution in [-0.4, -0.2) is 43.3 Å². The fourth-order valence-electron chi connectivity index (χ4n) is 2.43. The molecule has 0 aromatic heterocycles. The average molecular weight is 350 g/mol. The third kappa shape index (κ3) is 3.40. The predicted molar refractivity (Wildman–Crippen MR) is 86.0 cm³/mol. The number of nitrogens with one attached hydrogen (secondary N) is 1. The number of piperazine rings is 1. The van der Waals surface area contributed by atoms with E-state index in [0.29, 0.717) is 25.2 Å². The van der Waals surface area contributed by atoms with Crippen molar-refractivity contribution in [1.82, 2.24) is 9.62 Å². The van der Waals surface area contributed by atoms with Crippen LogP contribution in [0.25, 0.3) is 0 Å². The normalized spacial score (nSPS) is 19.5. The lowest BCUT2D eigenvalue weighted by Crippen LogP contribution is -2.52. The molecule has 7 nitrogen and oxygen atoms in total. The van der Waals surface area contributed by atoms with Gasteiger partial charge in [0.15, 0.2) is 4.90 Å². The summed E-state index contributed by atoms with van der Waals surface area (Å²) < 4.78 is 26.9. The van der Waals surface area contributed by atoms with E-state index in [1.165, 1.54) is 16.4 Å². The molecule has 0 aliphatic carbocycles. The number of sulfonamides is 1. The molecule has 1 heterocycles. The molecule has 2 rings (SSSR count). The standard InChI is InChI=1S/C13H19N3O4S.ClH/c1-9-6-12(16(17)18)13(7-10(9)2)21(19,20)15-5-4-14-8-11(15)3;/h6-7,11,14H,4-5,8H2,1-3H3;1H. The van der Waals surface area contributed by atoms with Crippen LogP contribution in [-0.2, 0) is 10.0 Å². The zero-order valence-electron chi connectivity index (χ0n) is 12.7. The highest BCUT2D eigenvalue weighted by molar-refractivity contribution is 7.89. The largest absolute Gasteiger partial charge is 0.314 e. The number of halogens is 1. The fourth-order valence-corrected chi connectivity index (χ4v) is 4.29. The highest BCUT2D eigenvalue weighted by Crippen LogP contribution is 2.30. The van der Waals surface area contributed by atoms with Crippen LogP contribution in [0.3, 0.4) is 0 Å². The zero-order chi connectivity index (χ0) is 15.8. The second-order valence-corrected chi connectivity index (χ2v) is 7.19. The van der Waals surface area contributed by atoms with Gasteiger partial charge in [-0.3, -0.25) is 10.1 Å². The molecule has 1 aromatic carbocycles. The third-order valence-corrected chi connectivity index (χ3v) is 5.84. The maximum Gasteiger partial charge on any atom is 0.289 e. The molecule has 1 aliphatic heterocycles. The quantitative estimate of drug-likeness (QED) is 0.661. The van der Waals surface area contributed by atoms with Crippen molar-refractivity contribution in [1.29, 1.82) is 0 Å². The van der Waals surface area contributed by atoms with Gasteiger partial charge in [-0.25, -0.2) is 8.42 Å². The molecule has 0 radical (unpaired) electrons. The van der Waals surface area contributed by atoms with Crippen molar-refractivity contribution in [2.45, 2.75) is 31.7 Å². The summed E-state index contributed by atoms with van der Waals surface area (Å²) in [5.74, 6) is 0. The lowest BCUT2D eigenvalue weighted by molar-refractivity contribution is -0.387. The van der Waals surface area contributed by atoms with Crippen LogP contribution in [0.2, 0.25) is 0 Å². The fraction of sp³-hybridized carbons (Fsp3) is 0.538. The number of rotatable bonds is 3. The van der Waals surface area contributed by atoms with Crippen molar-refractivity contribution in [3.63, 3.8) is 0 Å². The molecule has 1 aliphatic rings. The van der Waals surface area contributed by atoms with E-state index in [2.05, 4.69) is 5.32 Å². The molecule has 1 aromatic rings. The van der Waals surface area contributed by atoms with Crippen molar-refractivity contribution < 1.29 is 13.3 Å². The molecule has 1 fully saturated rings. The Morgan fingerprint density at radius 1 is 1.32 bits per heavy atom. The van der Waals surface area contributed by atoms with Gasteiger partial charge in [0.05, 0.1) is 4.92 Å². The first-order chi connectivity index (χ1) is 9.75. The van der Waals surface area contributed by atoms with Gasteiger partial charge < -0.3 is 5.32 Å². The first kappa shape index (κ1) is 18.8. The Balaban J connectivity index is 0.00000242. The predicted octanol–water partition coefficient (Wildman–Crippen LogP) is 1.62. The van der Waals surface area contributed by atoms with E-state index in [9.17, 15) is 18.5 Å².